The standard InChI is InChI=1S/C18H20N2O4/c21-18(15-6-3-8-22-15)20-11-16(17-14(20)5-2-9-23-17)24-12-13-4-1-7-19-10-13/h1,3-4,6-8,10,14,16-17H,2,5,9,11-12H2/t14-,16-,17+/m1/s1. The molecule has 2 aromatic rings. The Morgan fingerprint density at radius 3 is 3.12 bits per heavy atom. The number of likely N-dealkylation sites (tertiary alicyclic amines) is 1. The summed E-state index contributed by atoms with van der Waals surface area (Å²) >= 11 is 0. The Hall–Kier alpha value is -2.18. The van der Waals surface area contributed by atoms with Crippen molar-refractivity contribution >= 4 is 5.91 Å². The van der Waals surface area contributed by atoms with Gasteiger partial charge in [0.15, 0.2) is 5.76 Å². The summed E-state index contributed by atoms with van der Waals surface area (Å²) in [5, 5.41) is 0. The van der Waals surface area contributed by atoms with E-state index >= 15 is 0 Å². The van der Waals surface area contributed by atoms with Crippen molar-refractivity contribution in [3.05, 3.63) is 54.2 Å². The highest BCUT2D eigenvalue weighted by Crippen LogP contribution is 2.32. The van der Waals surface area contributed by atoms with Crippen molar-refractivity contribution in [2.75, 3.05) is 13.2 Å². The Morgan fingerprint density at radius 1 is 1.38 bits per heavy atom. The summed E-state index contributed by atoms with van der Waals surface area (Å²) in [4.78, 5) is 18.6. The summed E-state index contributed by atoms with van der Waals surface area (Å²) in [5.41, 5.74) is 1.01. The van der Waals surface area contributed by atoms with Crippen LogP contribution in [0.25, 0.3) is 0 Å². The first-order valence-electron chi connectivity index (χ1n) is 8.29. The first-order valence-corrected chi connectivity index (χ1v) is 8.29. The van der Waals surface area contributed by atoms with E-state index in [1.807, 2.05) is 17.0 Å². The fourth-order valence-corrected chi connectivity index (χ4v) is 3.52. The van der Waals surface area contributed by atoms with E-state index in [2.05, 4.69) is 4.98 Å². The molecule has 6 heteroatoms. The molecular formula is C18H20N2O4. The van der Waals surface area contributed by atoms with Gasteiger partial charge in [0.2, 0.25) is 0 Å². The molecule has 24 heavy (non-hydrogen) atoms. The molecule has 2 aromatic heterocycles. The van der Waals surface area contributed by atoms with Crippen molar-refractivity contribution in [3.63, 3.8) is 0 Å². The second kappa shape index (κ2) is 6.75. The maximum Gasteiger partial charge on any atom is 0.289 e. The average Bonchev–Trinajstić information content (AvgIpc) is 3.29. The Bertz CT molecular complexity index is 674. The summed E-state index contributed by atoms with van der Waals surface area (Å²) in [7, 11) is 0. The second-order valence-corrected chi connectivity index (χ2v) is 6.19. The third-order valence-corrected chi connectivity index (χ3v) is 4.66. The van der Waals surface area contributed by atoms with Crippen molar-refractivity contribution in [3.8, 4) is 0 Å². The fraction of sp³-hybridized carbons (Fsp3) is 0.444. The molecule has 2 aliphatic heterocycles. The molecule has 2 fully saturated rings. The number of fused-ring (bicyclic) bond motifs is 1. The molecule has 4 rings (SSSR count). The number of hydrogen-bond donors (Lipinski definition) is 0. The number of nitrogens with zero attached hydrogens (tertiary/aromatic N) is 2. The smallest absolute Gasteiger partial charge is 0.289 e. The average molecular weight is 328 g/mol. The Balaban J connectivity index is 1.48. The fourth-order valence-electron chi connectivity index (χ4n) is 3.52. The zero-order valence-electron chi connectivity index (χ0n) is 13.3. The van der Waals surface area contributed by atoms with Crippen LogP contribution in [0.15, 0.2) is 47.3 Å². The number of amides is 1. The number of aromatic nitrogens is 1. The van der Waals surface area contributed by atoms with Gasteiger partial charge in [0, 0.05) is 19.0 Å². The van der Waals surface area contributed by atoms with Crippen LogP contribution in [0.3, 0.4) is 0 Å². The highest BCUT2D eigenvalue weighted by molar-refractivity contribution is 5.92. The normalized spacial score (nSPS) is 26.3. The molecule has 126 valence electrons. The van der Waals surface area contributed by atoms with Gasteiger partial charge < -0.3 is 18.8 Å². The maximum atomic E-state index is 12.7. The van der Waals surface area contributed by atoms with Crippen LogP contribution in [-0.2, 0) is 16.1 Å². The molecule has 0 N–H and O–H groups in total. The summed E-state index contributed by atoms with van der Waals surface area (Å²) < 4.78 is 17.3. The Labute approximate surface area is 140 Å². The molecule has 0 radical (unpaired) electrons. The summed E-state index contributed by atoms with van der Waals surface area (Å²) in [6.07, 6.45) is 6.74. The van der Waals surface area contributed by atoms with Gasteiger partial charge in [-0.2, -0.15) is 0 Å². The Kier molecular flexibility index (Phi) is 4.32. The van der Waals surface area contributed by atoms with Crippen LogP contribution in [0.4, 0.5) is 0 Å². The maximum absolute atomic E-state index is 12.7. The van der Waals surface area contributed by atoms with E-state index in [0.717, 1.165) is 25.0 Å². The number of carbonyl (C=O) groups is 1. The molecule has 1 amide bonds. The van der Waals surface area contributed by atoms with E-state index in [-0.39, 0.29) is 24.2 Å². The van der Waals surface area contributed by atoms with Gasteiger partial charge in [0.05, 0.1) is 25.5 Å². The van der Waals surface area contributed by atoms with Gasteiger partial charge in [-0.05, 0) is 36.6 Å². The van der Waals surface area contributed by atoms with Crippen molar-refractivity contribution in [1.82, 2.24) is 9.88 Å². The molecule has 0 spiro atoms. The van der Waals surface area contributed by atoms with Crippen LogP contribution in [0, 0.1) is 0 Å². The minimum atomic E-state index is -0.130. The Morgan fingerprint density at radius 2 is 2.33 bits per heavy atom. The van der Waals surface area contributed by atoms with Crippen LogP contribution in [0.2, 0.25) is 0 Å². The third-order valence-electron chi connectivity index (χ3n) is 4.66. The van der Waals surface area contributed by atoms with Crippen LogP contribution in [0.5, 0.6) is 0 Å². The second-order valence-electron chi connectivity index (χ2n) is 6.19. The molecule has 0 saturated carbocycles. The lowest BCUT2D eigenvalue weighted by atomic mass is 10.0. The summed E-state index contributed by atoms with van der Waals surface area (Å²) in [6.45, 7) is 1.71. The molecule has 0 bridgehead atoms. The monoisotopic (exact) mass is 328 g/mol. The van der Waals surface area contributed by atoms with Gasteiger partial charge in [-0.1, -0.05) is 6.07 Å². The molecule has 2 aliphatic rings. The van der Waals surface area contributed by atoms with Gasteiger partial charge in [-0.25, -0.2) is 0 Å². The highest BCUT2D eigenvalue weighted by atomic mass is 16.5. The lowest BCUT2D eigenvalue weighted by Crippen LogP contribution is -2.43. The largest absolute Gasteiger partial charge is 0.459 e. The minimum absolute atomic E-state index is 0.0512. The number of rotatable bonds is 4. The number of pyridine rings is 1. The van der Waals surface area contributed by atoms with Crippen molar-refractivity contribution in [1.29, 1.82) is 0 Å². The summed E-state index contributed by atoms with van der Waals surface area (Å²) in [6, 6.07) is 7.35. The lowest BCUT2D eigenvalue weighted by molar-refractivity contribution is -0.0810. The molecule has 3 atom stereocenters. The molecule has 0 aliphatic carbocycles. The van der Waals surface area contributed by atoms with Crippen molar-refractivity contribution in [2.45, 2.75) is 37.7 Å². The van der Waals surface area contributed by atoms with Gasteiger partial charge in [-0.3, -0.25) is 9.78 Å². The summed E-state index contributed by atoms with van der Waals surface area (Å²) in [5.74, 6) is 0.278. The van der Waals surface area contributed by atoms with E-state index in [9.17, 15) is 4.79 Å². The van der Waals surface area contributed by atoms with E-state index in [1.165, 1.54) is 6.26 Å². The predicted molar refractivity (Wildman–Crippen MR) is 85.3 cm³/mol. The molecule has 0 unspecified atom stereocenters. The third kappa shape index (κ3) is 2.95. The minimum Gasteiger partial charge on any atom is -0.459 e. The lowest BCUT2D eigenvalue weighted by Gasteiger charge is -2.31. The zero-order chi connectivity index (χ0) is 16.4. The molecule has 2 saturated heterocycles. The number of hydrogen-bond acceptors (Lipinski definition) is 5. The van der Waals surface area contributed by atoms with E-state index in [1.54, 1.807) is 24.5 Å². The first-order chi connectivity index (χ1) is 11.8. The van der Waals surface area contributed by atoms with Crippen molar-refractivity contribution in [2.24, 2.45) is 0 Å². The number of ether oxygens (including phenoxy) is 2. The molecule has 4 heterocycles. The van der Waals surface area contributed by atoms with Gasteiger partial charge in [0.25, 0.3) is 5.91 Å². The van der Waals surface area contributed by atoms with E-state index in [4.69, 9.17) is 13.9 Å². The van der Waals surface area contributed by atoms with Crippen LogP contribution >= 0.6 is 0 Å². The SMILES string of the molecule is O=C(c1ccco1)N1C[C@@H](OCc2cccnc2)[C@H]2OCCC[C@H]21. The topological polar surface area (TPSA) is 64.8 Å². The van der Waals surface area contributed by atoms with Crippen LogP contribution in [0.1, 0.15) is 29.0 Å². The van der Waals surface area contributed by atoms with Gasteiger partial charge in [0.1, 0.15) is 12.2 Å². The highest BCUT2D eigenvalue weighted by Gasteiger charge is 2.47. The first kappa shape index (κ1) is 15.4. The number of carbonyl (C=O) groups excluding carboxylic acids is 1. The van der Waals surface area contributed by atoms with Gasteiger partial charge >= 0.3 is 0 Å². The van der Waals surface area contributed by atoms with Crippen LogP contribution < -0.4 is 0 Å². The molecule has 0 aromatic carbocycles. The van der Waals surface area contributed by atoms with Crippen molar-refractivity contribution < 1.29 is 18.7 Å². The van der Waals surface area contributed by atoms with Crippen LogP contribution in [-0.4, -0.2) is 47.2 Å². The molecular weight excluding hydrogens is 308 g/mol. The quantitative estimate of drug-likeness (QED) is 0.861. The zero-order valence-corrected chi connectivity index (χ0v) is 13.3. The van der Waals surface area contributed by atoms with Gasteiger partial charge in [-0.15, -0.1) is 0 Å². The predicted octanol–water partition coefficient (Wildman–Crippen LogP) is 2.26. The van der Waals surface area contributed by atoms with E-state index in [0.29, 0.717) is 18.9 Å². The number of furan rings is 1. The van der Waals surface area contributed by atoms with E-state index < -0.39 is 0 Å². The molecule has 6 nitrogen and oxygen atoms in total.